The number of furan rings is 1. The second-order valence-corrected chi connectivity index (χ2v) is 8.40. The molecule has 2 aromatic heterocycles. The Morgan fingerprint density at radius 3 is 2.66 bits per heavy atom. The van der Waals surface area contributed by atoms with E-state index in [1.165, 1.54) is 47.4 Å². The van der Waals surface area contributed by atoms with Gasteiger partial charge in [-0.2, -0.15) is 0 Å². The van der Waals surface area contributed by atoms with E-state index in [2.05, 4.69) is 4.98 Å². The van der Waals surface area contributed by atoms with E-state index < -0.39 is 0 Å². The summed E-state index contributed by atoms with van der Waals surface area (Å²) < 4.78 is 32.6. The highest BCUT2D eigenvalue weighted by molar-refractivity contribution is 7.99. The Kier molecular flexibility index (Phi) is 5.92. The van der Waals surface area contributed by atoms with Crippen LogP contribution in [0.2, 0.25) is 0 Å². The molecule has 8 heteroatoms. The van der Waals surface area contributed by atoms with Gasteiger partial charge in [0, 0.05) is 17.1 Å². The van der Waals surface area contributed by atoms with E-state index in [1.54, 1.807) is 41.5 Å². The summed E-state index contributed by atoms with van der Waals surface area (Å²) >= 11 is 2.75. The summed E-state index contributed by atoms with van der Waals surface area (Å²) in [5.74, 6) is 0.429. The fourth-order valence-corrected chi connectivity index (χ4v) is 4.59. The number of carbonyl (C=O) groups excluding carboxylic acids is 1. The van der Waals surface area contributed by atoms with Crippen LogP contribution in [0, 0.1) is 11.6 Å². The Labute approximate surface area is 174 Å². The minimum atomic E-state index is -0.340. The first kappa shape index (κ1) is 19.6. The summed E-state index contributed by atoms with van der Waals surface area (Å²) in [7, 11) is 0. The number of amides is 1. The van der Waals surface area contributed by atoms with E-state index in [1.807, 2.05) is 0 Å². The van der Waals surface area contributed by atoms with Crippen LogP contribution < -0.4 is 4.90 Å². The van der Waals surface area contributed by atoms with E-state index in [-0.39, 0.29) is 30.5 Å². The number of fused-ring (bicyclic) bond motifs is 1. The average Bonchev–Trinajstić information content (AvgIpc) is 3.36. The number of anilines is 1. The molecule has 2 aromatic carbocycles. The third kappa shape index (κ3) is 4.83. The number of halogens is 2. The Morgan fingerprint density at radius 1 is 1.10 bits per heavy atom. The van der Waals surface area contributed by atoms with Gasteiger partial charge in [-0.05, 0) is 54.6 Å². The third-order valence-electron chi connectivity index (χ3n) is 4.16. The van der Waals surface area contributed by atoms with Gasteiger partial charge in [-0.15, -0.1) is 11.8 Å². The highest BCUT2D eigenvalue weighted by Crippen LogP contribution is 2.31. The molecule has 29 heavy (non-hydrogen) atoms. The molecule has 4 aromatic rings. The van der Waals surface area contributed by atoms with Gasteiger partial charge in [0.15, 0.2) is 5.13 Å². The Bertz CT molecular complexity index is 1110. The molecule has 0 bridgehead atoms. The van der Waals surface area contributed by atoms with Gasteiger partial charge in [-0.3, -0.25) is 9.69 Å². The lowest BCUT2D eigenvalue weighted by Crippen LogP contribution is -2.30. The van der Waals surface area contributed by atoms with Gasteiger partial charge >= 0.3 is 0 Å². The van der Waals surface area contributed by atoms with Crippen molar-refractivity contribution in [1.29, 1.82) is 0 Å². The van der Waals surface area contributed by atoms with Crippen molar-refractivity contribution in [2.24, 2.45) is 0 Å². The second kappa shape index (κ2) is 8.75. The van der Waals surface area contributed by atoms with Crippen molar-refractivity contribution >= 4 is 44.4 Å². The molecule has 2 heterocycles. The maximum Gasteiger partial charge on any atom is 0.230 e. The number of nitrogens with zero attached hydrogens (tertiary/aromatic N) is 2. The topological polar surface area (TPSA) is 46.3 Å². The van der Waals surface area contributed by atoms with E-state index in [0.717, 1.165) is 4.90 Å². The van der Waals surface area contributed by atoms with Crippen LogP contribution in [-0.4, -0.2) is 16.6 Å². The number of rotatable bonds is 7. The fourth-order valence-electron chi connectivity index (χ4n) is 2.74. The minimum Gasteiger partial charge on any atom is -0.467 e. The monoisotopic (exact) mass is 430 g/mol. The highest BCUT2D eigenvalue weighted by Gasteiger charge is 2.21. The van der Waals surface area contributed by atoms with Crippen LogP contribution in [-0.2, 0) is 11.3 Å². The molecule has 0 spiro atoms. The maximum atomic E-state index is 13.5. The van der Waals surface area contributed by atoms with Crippen molar-refractivity contribution in [3.05, 3.63) is 78.3 Å². The van der Waals surface area contributed by atoms with Crippen molar-refractivity contribution in [1.82, 2.24) is 4.98 Å². The summed E-state index contributed by atoms with van der Waals surface area (Å²) in [5, 5.41) is 0.499. The van der Waals surface area contributed by atoms with Gasteiger partial charge in [0.05, 0.1) is 23.0 Å². The van der Waals surface area contributed by atoms with Crippen LogP contribution >= 0.6 is 23.1 Å². The van der Waals surface area contributed by atoms with Crippen LogP contribution in [0.1, 0.15) is 12.2 Å². The normalized spacial score (nSPS) is 11.1. The van der Waals surface area contributed by atoms with Gasteiger partial charge in [-0.25, -0.2) is 13.8 Å². The van der Waals surface area contributed by atoms with Gasteiger partial charge in [0.2, 0.25) is 5.91 Å². The lowest BCUT2D eigenvalue weighted by Gasteiger charge is -2.18. The SMILES string of the molecule is O=C(CCSc1ccc(F)cc1)N(Cc1ccco1)c1nc2ccc(F)cc2s1. The number of hydrogen-bond acceptors (Lipinski definition) is 5. The molecule has 0 saturated heterocycles. The fraction of sp³-hybridized carbons (Fsp3) is 0.143. The molecule has 0 saturated carbocycles. The Hall–Kier alpha value is -2.71. The van der Waals surface area contributed by atoms with Crippen LogP contribution in [0.4, 0.5) is 13.9 Å². The largest absolute Gasteiger partial charge is 0.467 e. The summed E-state index contributed by atoms with van der Waals surface area (Å²) in [5.41, 5.74) is 0.643. The van der Waals surface area contributed by atoms with Crippen molar-refractivity contribution in [3.8, 4) is 0 Å². The molecule has 0 atom stereocenters. The molecule has 0 aliphatic heterocycles. The van der Waals surface area contributed by atoms with E-state index in [4.69, 9.17) is 4.42 Å². The summed E-state index contributed by atoms with van der Waals surface area (Å²) in [4.78, 5) is 19.9. The Balaban J connectivity index is 1.51. The van der Waals surface area contributed by atoms with Crippen molar-refractivity contribution in [3.63, 3.8) is 0 Å². The van der Waals surface area contributed by atoms with E-state index in [0.29, 0.717) is 26.9 Å². The number of benzene rings is 2. The smallest absolute Gasteiger partial charge is 0.230 e. The zero-order valence-corrected chi connectivity index (χ0v) is 16.8. The number of carbonyl (C=O) groups is 1. The molecule has 1 amide bonds. The number of thioether (sulfide) groups is 1. The zero-order valence-electron chi connectivity index (χ0n) is 15.2. The quantitative estimate of drug-likeness (QED) is 0.343. The molecule has 0 aliphatic carbocycles. The molecule has 0 aliphatic rings. The number of aromatic nitrogens is 1. The van der Waals surface area contributed by atoms with Gasteiger partial charge in [0.1, 0.15) is 17.4 Å². The van der Waals surface area contributed by atoms with Gasteiger partial charge in [0.25, 0.3) is 0 Å². The predicted octanol–water partition coefficient (Wildman–Crippen LogP) is 5.88. The number of thiazole rings is 1. The van der Waals surface area contributed by atoms with Crippen molar-refractivity contribution in [2.75, 3.05) is 10.7 Å². The lowest BCUT2D eigenvalue weighted by molar-refractivity contribution is -0.118. The highest BCUT2D eigenvalue weighted by atomic mass is 32.2. The molecule has 0 radical (unpaired) electrons. The van der Waals surface area contributed by atoms with Gasteiger partial charge < -0.3 is 4.42 Å². The van der Waals surface area contributed by atoms with Crippen LogP contribution in [0.25, 0.3) is 10.2 Å². The predicted molar refractivity (Wildman–Crippen MR) is 111 cm³/mol. The first-order chi connectivity index (χ1) is 14.1. The molecular weight excluding hydrogens is 414 g/mol. The molecule has 0 fully saturated rings. The number of hydrogen-bond donors (Lipinski definition) is 0. The molecule has 4 nitrogen and oxygen atoms in total. The molecular formula is C21H16F2N2O2S2. The van der Waals surface area contributed by atoms with E-state index in [9.17, 15) is 13.6 Å². The van der Waals surface area contributed by atoms with Crippen LogP contribution in [0.15, 0.2) is 70.2 Å². The van der Waals surface area contributed by atoms with Crippen LogP contribution in [0.5, 0.6) is 0 Å². The Morgan fingerprint density at radius 2 is 1.90 bits per heavy atom. The third-order valence-corrected chi connectivity index (χ3v) is 6.22. The molecule has 0 unspecified atom stereocenters. The summed E-state index contributed by atoms with van der Waals surface area (Å²) in [6, 6.07) is 14.1. The zero-order chi connectivity index (χ0) is 20.2. The second-order valence-electron chi connectivity index (χ2n) is 6.22. The lowest BCUT2D eigenvalue weighted by atomic mass is 10.3. The summed E-state index contributed by atoms with van der Waals surface area (Å²) in [6.07, 6.45) is 1.82. The van der Waals surface area contributed by atoms with Crippen molar-refractivity contribution < 1.29 is 18.0 Å². The molecule has 0 N–H and O–H groups in total. The van der Waals surface area contributed by atoms with Crippen molar-refractivity contribution in [2.45, 2.75) is 17.9 Å². The maximum absolute atomic E-state index is 13.5. The minimum absolute atomic E-state index is 0.115. The first-order valence-electron chi connectivity index (χ1n) is 8.86. The summed E-state index contributed by atoms with van der Waals surface area (Å²) in [6.45, 7) is 0.245. The van der Waals surface area contributed by atoms with Gasteiger partial charge in [-0.1, -0.05) is 11.3 Å². The standard InChI is InChI=1S/C21H16F2N2O2S2/c22-14-3-6-17(7-4-14)28-11-9-20(26)25(13-16-2-1-10-27-16)21-24-18-8-5-15(23)12-19(18)29-21/h1-8,10,12H,9,11,13H2. The van der Waals surface area contributed by atoms with E-state index >= 15 is 0 Å². The van der Waals surface area contributed by atoms with Crippen LogP contribution in [0.3, 0.4) is 0 Å². The molecule has 148 valence electrons. The molecule has 4 rings (SSSR count). The average molecular weight is 431 g/mol. The first-order valence-corrected chi connectivity index (χ1v) is 10.7.